The van der Waals surface area contributed by atoms with Gasteiger partial charge in [-0.1, -0.05) is 18.2 Å². The first-order chi connectivity index (χ1) is 12.5. The zero-order valence-corrected chi connectivity index (χ0v) is 15.2. The molecule has 0 unspecified atom stereocenters. The van der Waals surface area contributed by atoms with Crippen LogP contribution >= 0.6 is 0 Å². The van der Waals surface area contributed by atoms with Crippen LogP contribution in [0, 0.1) is 0 Å². The van der Waals surface area contributed by atoms with Gasteiger partial charge in [-0.3, -0.25) is 9.59 Å². The largest absolute Gasteiger partial charge is 0.494 e. The summed E-state index contributed by atoms with van der Waals surface area (Å²) in [5.41, 5.74) is 1.33. The topological polar surface area (TPSA) is 76.7 Å². The molecule has 0 spiro atoms. The highest BCUT2D eigenvalue weighted by molar-refractivity contribution is 6.39. The maximum Gasteiger partial charge on any atom is 0.313 e. The fourth-order valence-electron chi connectivity index (χ4n) is 2.26. The van der Waals surface area contributed by atoms with Gasteiger partial charge >= 0.3 is 11.8 Å². The molecule has 0 aliphatic heterocycles. The van der Waals surface area contributed by atoms with E-state index in [2.05, 4.69) is 10.6 Å². The Labute approximate surface area is 153 Å². The number of carbonyl (C=O) groups is 2. The van der Waals surface area contributed by atoms with E-state index in [1.165, 1.54) is 0 Å². The minimum atomic E-state index is -0.726. The van der Waals surface area contributed by atoms with Gasteiger partial charge in [0, 0.05) is 17.8 Å². The second kappa shape index (κ2) is 9.46. The van der Waals surface area contributed by atoms with Crippen LogP contribution in [0.3, 0.4) is 0 Å². The van der Waals surface area contributed by atoms with Crippen molar-refractivity contribution in [1.29, 1.82) is 0 Å². The van der Waals surface area contributed by atoms with Crippen molar-refractivity contribution in [2.45, 2.75) is 33.4 Å². The molecule has 0 saturated heterocycles. The molecule has 0 fully saturated rings. The summed E-state index contributed by atoms with van der Waals surface area (Å²) in [5.74, 6) is -0.0407. The van der Waals surface area contributed by atoms with Crippen LogP contribution in [0.2, 0.25) is 0 Å². The summed E-state index contributed by atoms with van der Waals surface area (Å²) < 4.78 is 11.0. The lowest BCUT2D eigenvalue weighted by Crippen LogP contribution is -2.35. The molecule has 0 aromatic heterocycles. The van der Waals surface area contributed by atoms with E-state index in [-0.39, 0.29) is 12.6 Å². The maximum atomic E-state index is 12.0. The van der Waals surface area contributed by atoms with Crippen molar-refractivity contribution in [2.75, 3.05) is 11.9 Å². The first kappa shape index (κ1) is 19.3. The van der Waals surface area contributed by atoms with Gasteiger partial charge in [-0.25, -0.2) is 0 Å². The summed E-state index contributed by atoms with van der Waals surface area (Å²) in [4.78, 5) is 24.1. The molecule has 0 radical (unpaired) electrons. The Balaban J connectivity index is 1.90. The van der Waals surface area contributed by atoms with Crippen LogP contribution in [0.1, 0.15) is 26.3 Å². The normalized spacial score (nSPS) is 10.3. The Hall–Kier alpha value is -3.02. The molecule has 6 heteroatoms. The lowest BCUT2D eigenvalue weighted by molar-refractivity contribution is -0.136. The number of rotatable bonds is 7. The molecule has 0 aliphatic rings. The summed E-state index contributed by atoms with van der Waals surface area (Å²) in [5, 5.41) is 5.16. The number of nitrogens with one attached hydrogen (secondary N) is 2. The molecule has 0 atom stereocenters. The van der Waals surface area contributed by atoms with Gasteiger partial charge in [0.2, 0.25) is 0 Å². The first-order valence-corrected chi connectivity index (χ1v) is 8.56. The van der Waals surface area contributed by atoms with Crippen molar-refractivity contribution >= 4 is 17.5 Å². The molecule has 2 aromatic rings. The Morgan fingerprint density at radius 3 is 2.35 bits per heavy atom. The molecular weight excluding hydrogens is 332 g/mol. The van der Waals surface area contributed by atoms with Gasteiger partial charge in [-0.15, -0.1) is 0 Å². The fraction of sp³-hybridized carbons (Fsp3) is 0.300. The smallest absolute Gasteiger partial charge is 0.313 e. The van der Waals surface area contributed by atoms with Gasteiger partial charge < -0.3 is 20.1 Å². The van der Waals surface area contributed by atoms with Crippen molar-refractivity contribution in [3.63, 3.8) is 0 Å². The average Bonchev–Trinajstić information content (AvgIpc) is 2.62. The number of ether oxygens (including phenoxy) is 2. The maximum absolute atomic E-state index is 12.0. The van der Waals surface area contributed by atoms with Gasteiger partial charge in [0.25, 0.3) is 0 Å². The van der Waals surface area contributed by atoms with Gasteiger partial charge in [0.15, 0.2) is 0 Å². The third-order valence-electron chi connectivity index (χ3n) is 3.40. The van der Waals surface area contributed by atoms with Crippen molar-refractivity contribution in [3.8, 4) is 11.5 Å². The lowest BCUT2D eigenvalue weighted by Gasteiger charge is -2.14. The third kappa shape index (κ3) is 5.81. The van der Waals surface area contributed by atoms with E-state index in [0.29, 0.717) is 23.8 Å². The molecule has 0 heterocycles. The summed E-state index contributed by atoms with van der Waals surface area (Å²) in [6.07, 6.45) is 0.0230. The van der Waals surface area contributed by atoms with Gasteiger partial charge in [0.1, 0.15) is 11.5 Å². The number of para-hydroxylation sites is 1. The van der Waals surface area contributed by atoms with Crippen LogP contribution in [0.5, 0.6) is 11.5 Å². The second-order valence-electron chi connectivity index (χ2n) is 5.87. The third-order valence-corrected chi connectivity index (χ3v) is 3.40. The highest BCUT2D eigenvalue weighted by atomic mass is 16.5. The zero-order chi connectivity index (χ0) is 18.9. The van der Waals surface area contributed by atoms with Crippen LogP contribution in [0.25, 0.3) is 0 Å². The van der Waals surface area contributed by atoms with E-state index >= 15 is 0 Å². The van der Waals surface area contributed by atoms with E-state index < -0.39 is 11.8 Å². The van der Waals surface area contributed by atoms with E-state index in [0.717, 1.165) is 5.56 Å². The Bertz CT molecular complexity index is 742. The van der Waals surface area contributed by atoms with E-state index in [9.17, 15) is 9.59 Å². The molecule has 26 heavy (non-hydrogen) atoms. The number of hydrogen-bond donors (Lipinski definition) is 2. The fourth-order valence-corrected chi connectivity index (χ4v) is 2.26. The molecular formula is C20H24N2O4. The molecule has 0 bridgehead atoms. The predicted molar refractivity (Wildman–Crippen MR) is 100 cm³/mol. The van der Waals surface area contributed by atoms with E-state index in [1.54, 1.807) is 24.3 Å². The van der Waals surface area contributed by atoms with Crippen molar-refractivity contribution in [2.24, 2.45) is 0 Å². The van der Waals surface area contributed by atoms with Crippen LogP contribution in [-0.4, -0.2) is 24.5 Å². The second-order valence-corrected chi connectivity index (χ2v) is 5.87. The lowest BCUT2D eigenvalue weighted by atomic mass is 10.2. The van der Waals surface area contributed by atoms with Gasteiger partial charge in [-0.2, -0.15) is 0 Å². The van der Waals surface area contributed by atoms with Gasteiger partial charge in [-0.05, 0) is 51.1 Å². The SMILES string of the molecule is CCOc1ccc(NC(=O)C(=O)NCc2ccccc2OC(C)C)cc1. The van der Waals surface area contributed by atoms with Crippen LogP contribution in [0.4, 0.5) is 5.69 Å². The van der Waals surface area contributed by atoms with E-state index in [4.69, 9.17) is 9.47 Å². The summed E-state index contributed by atoms with van der Waals surface area (Å²) in [6, 6.07) is 14.2. The zero-order valence-electron chi connectivity index (χ0n) is 15.2. The summed E-state index contributed by atoms with van der Waals surface area (Å²) in [7, 11) is 0. The summed E-state index contributed by atoms with van der Waals surface area (Å²) in [6.45, 7) is 6.53. The minimum absolute atomic E-state index is 0.0230. The Morgan fingerprint density at radius 1 is 1.00 bits per heavy atom. The average molecular weight is 356 g/mol. The number of benzene rings is 2. The predicted octanol–water partition coefficient (Wildman–Crippen LogP) is 3.13. The van der Waals surface area contributed by atoms with Crippen LogP contribution in [0.15, 0.2) is 48.5 Å². The van der Waals surface area contributed by atoms with Crippen LogP contribution < -0.4 is 20.1 Å². The Kier molecular flexibility index (Phi) is 7.02. The monoisotopic (exact) mass is 356 g/mol. The standard InChI is InChI=1S/C20H24N2O4/c1-4-25-17-11-9-16(10-12-17)22-20(24)19(23)21-13-15-7-5-6-8-18(15)26-14(2)3/h5-12,14H,4,13H2,1-3H3,(H,21,23)(H,22,24). The minimum Gasteiger partial charge on any atom is -0.494 e. The van der Waals surface area contributed by atoms with Crippen molar-refractivity contribution < 1.29 is 19.1 Å². The summed E-state index contributed by atoms with van der Waals surface area (Å²) >= 11 is 0. The number of amides is 2. The highest BCUT2D eigenvalue weighted by Crippen LogP contribution is 2.19. The molecule has 2 amide bonds. The number of carbonyl (C=O) groups excluding carboxylic acids is 2. The quantitative estimate of drug-likeness (QED) is 0.747. The van der Waals surface area contributed by atoms with E-state index in [1.807, 2.05) is 45.0 Å². The molecule has 0 aliphatic carbocycles. The highest BCUT2D eigenvalue weighted by Gasteiger charge is 2.14. The number of anilines is 1. The first-order valence-electron chi connectivity index (χ1n) is 8.56. The molecule has 2 aromatic carbocycles. The van der Waals surface area contributed by atoms with Crippen molar-refractivity contribution in [3.05, 3.63) is 54.1 Å². The molecule has 2 N–H and O–H groups in total. The van der Waals surface area contributed by atoms with Crippen LogP contribution in [-0.2, 0) is 16.1 Å². The molecule has 0 saturated carbocycles. The molecule has 6 nitrogen and oxygen atoms in total. The Morgan fingerprint density at radius 2 is 1.69 bits per heavy atom. The van der Waals surface area contributed by atoms with Crippen molar-refractivity contribution in [1.82, 2.24) is 5.32 Å². The number of hydrogen-bond acceptors (Lipinski definition) is 4. The molecule has 138 valence electrons. The molecule has 2 rings (SSSR count). The van der Waals surface area contributed by atoms with Gasteiger partial charge in [0.05, 0.1) is 12.7 Å².